The van der Waals surface area contributed by atoms with E-state index in [0.717, 1.165) is 22.6 Å². The van der Waals surface area contributed by atoms with Crippen LogP contribution in [-0.2, 0) is 22.3 Å². The highest BCUT2D eigenvalue weighted by Crippen LogP contribution is 2.21. The van der Waals surface area contributed by atoms with Crippen LogP contribution in [0.25, 0.3) is 11.5 Å². The minimum absolute atomic E-state index is 0.204. The second-order valence-electron chi connectivity index (χ2n) is 5.31. The fraction of sp³-hybridized carbons (Fsp3) is 0.312. The molecule has 0 spiro atoms. The molecule has 23 heavy (non-hydrogen) atoms. The number of rotatable bonds is 5. The van der Waals surface area contributed by atoms with Gasteiger partial charge in [0.05, 0.1) is 11.4 Å². The van der Waals surface area contributed by atoms with Crippen LogP contribution in [0.2, 0.25) is 0 Å². The van der Waals surface area contributed by atoms with Crippen molar-refractivity contribution in [3.63, 3.8) is 0 Å². The van der Waals surface area contributed by atoms with Crippen LogP contribution in [0.3, 0.4) is 0 Å². The minimum atomic E-state index is -1.21. The van der Waals surface area contributed by atoms with Crippen LogP contribution in [0.5, 0.6) is 0 Å². The van der Waals surface area contributed by atoms with E-state index in [1.54, 1.807) is 0 Å². The molecule has 0 radical (unpaired) electrons. The van der Waals surface area contributed by atoms with Gasteiger partial charge in [-0.05, 0) is 32.4 Å². The van der Waals surface area contributed by atoms with Crippen molar-refractivity contribution in [1.29, 1.82) is 0 Å². The van der Waals surface area contributed by atoms with Crippen LogP contribution < -0.4 is 0 Å². The minimum Gasteiger partial charge on any atom is -0.445 e. The van der Waals surface area contributed by atoms with E-state index in [1.807, 2.05) is 45.0 Å². The van der Waals surface area contributed by atoms with Crippen molar-refractivity contribution in [3.8, 4) is 11.5 Å². The first-order valence-electron chi connectivity index (χ1n) is 7.19. The SMILES string of the molecule is Cc1ccccc1-c1nc(CS(=O)Cc2nc(C)c(C)o2)no1. The molecular weight excluding hydrogens is 314 g/mol. The van der Waals surface area contributed by atoms with E-state index in [2.05, 4.69) is 15.1 Å². The smallest absolute Gasteiger partial charge is 0.258 e. The lowest BCUT2D eigenvalue weighted by Crippen LogP contribution is -2.01. The van der Waals surface area contributed by atoms with Crippen molar-refractivity contribution in [3.05, 3.63) is 53.0 Å². The summed E-state index contributed by atoms with van der Waals surface area (Å²) >= 11 is 0. The third-order valence-corrected chi connectivity index (χ3v) is 4.64. The Kier molecular flexibility index (Phi) is 4.38. The van der Waals surface area contributed by atoms with Gasteiger partial charge < -0.3 is 8.94 Å². The molecule has 0 aliphatic carbocycles. The average molecular weight is 331 g/mol. The third kappa shape index (κ3) is 3.56. The van der Waals surface area contributed by atoms with Crippen molar-refractivity contribution < 1.29 is 13.1 Å². The lowest BCUT2D eigenvalue weighted by molar-refractivity contribution is 0.424. The molecule has 6 nitrogen and oxygen atoms in total. The van der Waals surface area contributed by atoms with Crippen molar-refractivity contribution >= 4 is 10.8 Å². The van der Waals surface area contributed by atoms with E-state index in [-0.39, 0.29) is 11.5 Å². The zero-order chi connectivity index (χ0) is 16.4. The molecular formula is C16H17N3O3S. The van der Waals surface area contributed by atoms with Gasteiger partial charge in [0.1, 0.15) is 11.5 Å². The molecule has 1 unspecified atom stereocenters. The maximum Gasteiger partial charge on any atom is 0.258 e. The molecule has 0 N–H and O–H groups in total. The van der Waals surface area contributed by atoms with E-state index in [0.29, 0.717) is 17.6 Å². The predicted molar refractivity (Wildman–Crippen MR) is 86.0 cm³/mol. The van der Waals surface area contributed by atoms with E-state index in [4.69, 9.17) is 8.94 Å². The van der Waals surface area contributed by atoms with E-state index in [1.165, 1.54) is 0 Å². The third-order valence-electron chi connectivity index (χ3n) is 3.49. The Hall–Kier alpha value is -2.28. The number of hydrogen-bond donors (Lipinski definition) is 0. The summed E-state index contributed by atoms with van der Waals surface area (Å²) in [5.74, 6) is 2.53. The highest BCUT2D eigenvalue weighted by Gasteiger charge is 2.15. The summed E-state index contributed by atoms with van der Waals surface area (Å²) in [4.78, 5) is 8.56. The van der Waals surface area contributed by atoms with Gasteiger partial charge in [0.2, 0.25) is 5.89 Å². The van der Waals surface area contributed by atoms with E-state index < -0.39 is 10.8 Å². The fourth-order valence-electron chi connectivity index (χ4n) is 2.17. The van der Waals surface area contributed by atoms with Crippen molar-refractivity contribution in [2.45, 2.75) is 32.3 Å². The maximum atomic E-state index is 12.2. The second kappa shape index (κ2) is 6.45. The van der Waals surface area contributed by atoms with Gasteiger partial charge in [-0.15, -0.1) is 0 Å². The molecule has 1 aromatic carbocycles. The molecule has 0 bridgehead atoms. The first-order chi connectivity index (χ1) is 11.0. The van der Waals surface area contributed by atoms with Crippen LogP contribution in [-0.4, -0.2) is 19.3 Å². The van der Waals surface area contributed by atoms with Gasteiger partial charge >= 0.3 is 0 Å². The molecule has 0 aliphatic rings. The standard InChI is InChI=1S/C16H17N3O3S/c1-10-6-4-5-7-13(10)16-18-14(19-22-16)8-23(20)9-15-17-11(2)12(3)21-15/h4-7H,8-9H2,1-3H3. The van der Waals surface area contributed by atoms with E-state index in [9.17, 15) is 4.21 Å². The molecule has 3 aromatic rings. The zero-order valence-electron chi connectivity index (χ0n) is 13.2. The molecule has 3 rings (SSSR count). The van der Waals surface area contributed by atoms with Crippen LogP contribution >= 0.6 is 0 Å². The maximum absolute atomic E-state index is 12.2. The Morgan fingerprint density at radius 2 is 1.87 bits per heavy atom. The first-order valence-corrected chi connectivity index (χ1v) is 8.68. The van der Waals surface area contributed by atoms with Gasteiger partial charge in [0.15, 0.2) is 5.82 Å². The second-order valence-corrected chi connectivity index (χ2v) is 6.77. The van der Waals surface area contributed by atoms with Crippen molar-refractivity contribution in [2.75, 3.05) is 0 Å². The Labute approximate surface area is 136 Å². The lowest BCUT2D eigenvalue weighted by atomic mass is 10.1. The summed E-state index contributed by atoms with van der Waals surface area (Å²) in [5.41, 5.74) is 2.75. The van der Waals surface area contributed by atoms with Crippen LogP contribution in [0, 0.1) is 20.8 Å². The highest BCUT2D eigenvalue weighted by molar-refractivity contribution is 7.83. The van der Waals surface area contributed by atoms with Gasteiger partial charge in [-0.25, -0.2) is 4.98 Å². The molecule has 2 aromatic heterocycles. The molecule has 0 aliphatic heterocycles. The number of aromatic nitrogens is 3. The molecule has 0 saturated heterocycles. The zero-order valence-corrected chi connectivity index (χ0v) is 14.0. The lowest BCUT2D eigenvalue weighted by Gasteiger charge is -1.98. The molecule has 0 amide bonds. The Balaban J connectivity index is 1.69. The molecule has 2 heterocycles. The molecule has 0 saturated carbocycles. The summed E-state index contributed by atoms with van der Waals surface area (Å²) in [5, 5.41) is 3.91. The van der Waals surface area contributed by atoms with Gasteiger partial charge in [0.25, 0.3) is 5.89 Å². The summed E-state index contributed by atoms with van der Waals surface area (Å²) in [7, 11) is -1.21. The number of oxazole rings is 1. The topological polar surface area (TPSA) is 82.0 Å². The van der Waals surface area contributed by atoms with E-state index >= 15 is 0 Å². The number of aryl methyl sites for hydroxylation is 3. The summed E-state index contributed by atoms with van der Waals surface area (Å²) in [6.07, 6.45) is 0. The average Bonchev–Trinajstić information content (AvgIpc) is 3.07. The fourth-order valence-corrected chi connectivity index (χ4v) is 3.07. The normalized spacial score (nSPS) is 12.5. The first kappa shape index (κ1) is 15.6. The van der Waals surface area contributed by atoms with Crippen molar-refractivity contribution in [2.24, 2.45) is 0 Å². The summed E-state index contributed by atoms with van der Waals surface area (Å²) < 4.78 is 22.9. The van der Waals surface area contributed by atoms with Gasteiger partial charge in [-0.3, -0.25) is 4.21 Å². The van der Waals surface area contributed by atoms with Crippen molar-refractivity contribution in [1.82, 2.24) is 15.1 Å². The van der Waals surface area contributed by atoms with Gasteiger partial charge in [0, 0.05) is 16.4 Å². The highest BCUT2D eigenvalue weighted by atomic mass is 32.2. The predicted octanol–water partition coefficient (Wildman–Crippen LogP) is 3.10. The quantitative estimate of drug-likeness (QED) is 0.714. The molecule has 1 atom stereocenters. The summed E-state index contributed by atoms with van der Waals surface area (Å²) in [6.45, 7) is 5.67. The molecule has 0 fully saturated rings. The van der Waals surface area contributed by atoms with Crippen LogP contribution in [0.4, 0.5) is 0 Å². The molecule has 120 valence electrons. The Bertz CT molecular complexity index is 834. The number of hydrogen-bond acceptors (Lipinski definition) is 6. The Morgan fingerprint density at radius 3 is 2.57 bits per heavy atom. The number of benzene rings is 1. The van der Waals surface area contributed by atoms with Gasteiger partial charge in [-0.2, -0.15) is 4.98 Å². The summed E-state index contributed by atoms with van der Waals surface area (Å²) in [6, 6.07) is 7.76. The van der Waals surface area contributed by atoms with Crippen LogP contribution in [0.15, 0.2) is 33.2 Å². The van der Waals surface area contributed by atoms with Crippen LogP contribution in [0.1, 0.15) is 28.7 Å². The van der Waals surface area contributed by atoms with Gasteiger partial charge in [-0.1, -0.05) is 23.4 Å². The monoisotopic (exact) mass is 331 g/mol. The Morgan fingerprint density at radius 1 is 1.09 bits per heavy atom. The largest absolute Gasteiger partial charge is 0.445 e. The number of nitrogens with zero attached hydrogens (tertiary/aromatic N) is 3. The molecule has 7 heteroatoms.